The third kappa shape index (κ3) is 5.85. The van der Waals surface area contributed by atoms with Crippen LogP contribution in [0.1, 0.15) is 22.0 Å². The summed E-state index contributed by atoms with van der Waals surface area (Å²) in [6.45, 7) is 0.412. The highest BCUT2D eigenvalue weighted by Gasteiger charge is 2.18. The average molecular weight is 476 g/mol. The van der Waals surface area contributed by atoms with Crippen molar-refractivity contribution in [3.63, 3.8) is 0 Å². The zero-order valence-corrected chi connectivity index (χ0v) is 19.1. The Kier molecular flexibility index (Phi) is 7.50. The van der Waals surface area contributed by atoms with Crippen molar-refractivity contribution in [2.45, 2.75) is 10.9 Å². The third-order valence-corrected chi connectivity index (χ3v) is 6.53. The molecule has 0 aromatic heterocycles. The van der Waals surface area contributed by atoms with Crippen LogP contribution in [0.4, 0.5) is 10.1 Å². The van der Waals surface area contributed by atoms with Crippen LogP contribution in [0, 0.1) is 5.82 Å². The fourth-order valence-corrected chi connectivity index (χ4v) is 4.44. The largest absolute Gasteiger partial charge is 0.350 e. The van der Waals surface area contributed by atoms with E-state index in [0.717, 1.165) is 23.8 Å². The maximum Gasteiger partial charge on any atom is 0.261 e. The summed E-state index contributed by atoms with van der Waals surface area (Å²) < 4.78 is 40.7. The maximum atomic E-state index is 13.3. The minimum atomic E-state index is -3.95. The molecule has 0 heterocycles. The fourth-order valence-electron chi connectivity index (χ4n) is 3.11. The normalized spacial score (nSPS) is 12.4. The van der Waals surface area contributed by atoms with E-state index in [1.165, 1.54) is 24.3 Å². The molecule has 1 amide bonds. The summed E-state index contributed by atoms with van der Waals surface area (Å²) in [7, 11) is -0.0675. The van der Waals surface area contributed by atoms with Crippen molar-refractivity contribution in [3.05, 3.63) is 94.8 Å². The number of nitrogens with zero attached hydrogens (tertiary/aromatic N) is 1. The molecule has 0 fully saturated rings. The van der Waals surface area contributed by atoms with E-state index in [1.54, 1.807) is 0 Å². The highest BCUT2D eigenvalue weighted by atomic mass is 35.5. The van der Waals surface area contributed by atoms with E-state index >= 15 is 0 Å². The number of carbonyl (C=O) groups excluding carboxylic acids is 1. The monoisotopic (exact) mass is 475 g/mol. The average Bonchev–Trinajstić information content (AvgIpc) is 2.76. The van der Waals surface area contributed by atoms with Gasteiger partial charge in [0.05, 0.1) is 16.0 Å². The Morgan fingerprint density at radius 2 is 1.69 bits per heavy atom. The quantitative estimate of drug-likeness (QED) is 0.508. The molecule has 1 unspecified atom stereocenters. The SMILES string of the molecule is CN(C)C(CNC(=O)c1ccc(NS(=O)(=O)c2ccc(F)c(Cl)c2)cc1)c1ccccc1. The van der Waals surface area contributed by atoms with Gasteiger partial charge in [-0.05, 0) is 62.1 Å². The lowest BCUT2D eigenvalue weighted by atomic mass is 10.1. The molecule has 0 spiro atoms. The number of sulfonamides is 1. The number of amides is 1. The first kappa shape index (κ1) is 23.7. The summed E-state index contributed by atoms with van der Waals surface area (Å²) in [6, 6.07) is 19.0. The van der Waals surface area contributed by atoms with Crippen molar-refractivity contribution < 1.29 is 17.6 Å². The summed E-state index contributed by atoms with van der Waals surface area (Å²) in [5.41, 5.74) is 1.74. The van der Waals surface area contributed by atoms with Crippen LogP contribution in [-0.2, 0) is 10.0 Å². The molecule has 3 aromatic rings. The van der Waals surface area contributed by atoms with E-state index in [1.807, 2.05) is 49.3 Å². The minimum absolute atomic E-state index is 0.00812. The number of carbonyl (C=O) groups is 1. The van der Waals surface area contributed by atoms with E-state index in [4.69, 9.17) is 11.6 Å². The second kappa shape index (κ2) is 10.1. The van der Waals surface area contributed by atoms with Crippen LogP contribution in [0.15, 0.2) is 77.7 Å². The minimum Gasteiger partial charge on any atom is -0.350 e. The number of hydrogen-bond donors (Lipinski definition) is 2. The molecule has 2 N–H and O–H groups in total. The Morgan fingerprint density at radius 1 is 1.03 bits per heavy atom. The molecular weight excluding hydrogens is 453 g/mol. The van der Waals surface area contributed by atoms with Gasteiger partial charge in [0.2, 0.25) is 0 Å². The Balaban J connectivity index is 1.65. The Labute approximate surface area is 192 Å². The van der Waals surface area contributed by atoms with Gasteiger partial charge in [0, 0.05) is 17.8 Å². The molecule has 0 aliphatic carbocycles. The van der Waals surface area contributed by atoms with E-state index in [-0.39, 0.29) is 27.6 Å². The van der Waals surface area contributed by atoms with Crippen molar-refractivity contribution >= 4 is 33.2 Å². The van der Waals surface area contributed by atoms with Crippen LogP contribution in [0.3, 0.4) is 0 Å². The number of likely N-dealkylation sites (N-methyl/N-ethyl adjacent to an activating group) is 1. The van der Waals surface area contributed by atoms with Gasteiger partial charge in [-0.15, -0.1) is 0 Å². The van der Waals surface area contributed by atoms with E-state index in [9.17, 15) is 17.6 Å². The molecule has 1 atom stereocenters. The highest BCUT2D eigenvalue weighted by molar-refractivity contribution is 7.92. The number of halogens is 2. The standard InChI is InChI=1S/C23H23ClFN3O3S/c1-28(2)22(16-6-4-3-5-7-16)15-26-23(29)17-8-10-18(11-9-17)27-32(30,31)19-12-13-21(25)20(24)14-19/h3-14,22,27H,15H2,1-2H3,(H,26,29). The molecule has 168 valence electrons. The Morgan fingerprint density at radius 3 is 2.28 bits per heavy atom. The molecular formula is C23H23ClFN3O3S. The predicted octanol–water partition coefficient (Wildman–Crippen LogP) is 4.31. The van der Waals surface area contributed by atoms with Crippen molar-refractivity contribution in [1.29, 1.82) is 0 Å². The van der Waals surface area contributed by atoms with Crippen molar-refractivity contribution in [3.8, 4) is 0 Å². The number of benzene rings is 3. The van der Waals surface area contributed by atoms with Gasteiger partial charge in [-0.2, -0.15) is 0 Å². The zero-order valence-electron chi connectivity index (χ0n) is 17.5. The van der Waals surface area contributed by atoms with Crippen molar-refractivity contribution in [2.24, 2.45) is 0 Å². The molecule has 32 heavy (non-hydrogen) atoms. The molecule has 9 heteroatoms. The smallest absolute Gasteiger partial charge is 0.261 e. The molecule has 0 aliphatic rings. The molecule has 0 aliphatic heterocycles. The Bertz CT molecular complexity index is 1190. The van der Waals surface area contributed by atoms with Gasteiger partial charge in [-0.25, -0.2) is 12.8 Å². The maximum absolute atomic E-state index is 13.3. The lowest BCUT2D eigenvalue weighted by molar-refractivity contribution is 0.0942. The number of hydrogen-bond acceptors (Lipinski definition) is 4. The highest BCUT2D eigenvalue weighted by Crippen LogP contribution is 2.22. The van der Waals surface area contributed by atoms with E-state index in [0.29, 0.717) is 12.1 Å². The summed E-state index contributed by atoms with van der Waals surface area (Å²) in [4.78, 5) is 14.4. The number of nitrogens with one attached hydrogen (secondary N) is 2. The van der Waals surface area contributed by atoms with Crippen molar-refractivity contribution in [1.82, 2.24) is 10.2 Å². The van der Waals surface area contributed by atoms with Crippen LogP contribution in [0.5, 0.6) is 0 Å². The second-order valence-electron chi connectivity index (χ2n) is 7.36. The first-order chi connectivity index (χ1) is 15.2. The lowest BCUT2D eigenvalue weighted by Crippen LogP contribution is -2.34. The summed E-state index contributed by atoms with van der Waals surface area (Å²) in [6.07, 6.45) is 0. The van der Waals surface area contributed by atoms with Gasteiger partial charge < -0.3 is 10.2 Å². The first-order valence-corrected chi connectivity index (χ1v) is 11.6. The van der Waals surface area contributed by atoms with Crippen LogP contribution >= 0.6 is 11.6 Å². The Hall–Kier alpha value is -2.94. The van der Waals surface area contributed by atoms with Gasteiger partial charge in [0.25, 0.3) is 15.9 Å². The lowest BCUT2D eigenvalue weighted by Gasteiger charge is -2.25. The summed E-state index contributed by atoms with van der Waals surface area (Å²) >= 11 is 5.67. The van der Waals surface area contributed by atoms with Gasteiger partial charge in [0.15, 0.2) is 0 Å². The first-order valence-electron chi connectivity index (χ1n) is 9.75. The van der Waals surface area contributed by atoms with Gasteiger partial charge in [0.1, 0.15) is 5.82 Å². The summed E-state index contributed by atoms with van der Waals surface area (Å²) in [5.74, 6) is -0.975. The molecule has 3 rings (SSSR count). The van der Waals surface area contributed by atoms with E-state index in [2.05, 4.69) is 10.0 Å². The third-order valence-electron chi connectivity index (χ3n) is 4.86. The molecule has 0 saturated carbocycles. The van der Waals surface area contributed by atoms with Crippen molar-refractivity contribution in [2.75, 3.05) is 25.4 Å². The fraction of sp³-hybridized carbons (Fsp3) is 0.174. The number of rotatable bonds is 8. The van der Waals surface area contributed by atoms with Gasteiger partial charge in [-0.3, -0.25) is 9.52 Å². The number of anilines is 1. The topological polar surface area (TPSA) is 78.5 Å². The summed E-state index contributed by atoms with van der Waals surface area (Å²) in [5, 5.41) is 2.63. The van der Waals surface area contributed by atoms with E-state index < -0.39 is 15.8 Å². The molecule has 0 saturated heterocycles. The van der Waals surface area contributed by atoms with Crippen LogP contribution in [0.2, 0.25) is 5.02 Å². The van der Waals surface area contributed by atoms with Crippen LogP contribution < -0.4 is 10.0 Å². The van der Waals surface area contributed by atoms with Gasteiger partial charge >= 0.3 is 0 Å². The molecule has 6 nitrogen and oxygen atoms in total. The zero-order chi connectivity index (χ0) is 23.3. The molecule has 0 bridgehead atoms. The van der Waals surface area contributed by atoms with Crippen LogP contribution in [-0.4, -0.2) is 39.9 Å². The van der Waals surface area contributed by atoms with Crippen LogP contribution in [0.25, 0.3) is 0 Å². The molecule has 3 aromatic carbocycles. The predicted molar refractivity (Wildman–Crippen MR) is 124 cm³/mol. The van der Waals surface area contributed by atoms with Gasteiger partial charge in [-0.1, -0.05) is 41.9 Å². The molecule has 0 radical (unpaired) electrons. The second-order valence-corrected chi connectivity index (χ2v) is 9.45.